The van der Waals surface area contributed by atoms with Gasteiger partial charge in [0, 0.05) is 18.1 Å². The Bertz CT molecular complexity index is 935. The van der Waals surface area contributed by atoms with E-state index in [0.29, 0.717) is 35.1 Å². The van der Waals surface area contributed by atoms with Gasteiger partial charge in [0.05, 0.1) is 11.7 Å². The number of carbonyl (C=O) groups excluding carboxylic acids is 1. The second-order valence-corrected chi connectivity index (χ2v) is 11.3. The Morgan fingerprint density at radius 2 is 2.25 bits per heavy atom. The lowest BCUT2D eigenvalue weighted by molar-refractivity contribution is -0.120. The van der Waals surface area contributed by atoms with Crippen LogP contribution in [-0.4, -0.2) is 47.7 Å². The third kappa shape index (κ3) is 5.66. The SMILES string of the molecule is CCSc1nnc(NC(=O)[C@@H]2CCCN(S(=O)(=O)Cc3cccc(Cl)c3)C2)s1. The van der Waals surface area contributed by atoms with E-state index < -0.39 is 15.9 Å². The first kappa shape index (κ1) is 21.5. The number of amides is 1. The minimum Gasteiger partial charge on any atom is -0.300 e. The topological polar surface area (TPSA) is 92.3 Å². The number of carbonyl (C=O) groups is 1. The molecule has 0 unspecified atom stereocenters. The maximum absolute atomic E-state index is 12.8. The molecule has 0 bridgehead atoms. The van der Waals surface area contributed by atoms with Crippen LogP contribution in [0.2, 0.25) is 5.02 Å². The molecule has 1 atom stereocenters. The molecule has 152 valence electrons. The molecule has 2 aromatic rings. The van der Waals surface area contributed by atoms with Crippen LogP contribution in [0.3, 0.4) is 0 Å². The van der Waals surface area contributed by atoms with E-state index in [1.807, 2.05) is 6.92 Å². The maximum atomic E-state index is 12.8. The number of piperidine rings is 1. The van der Waals surface area contributed by atoms with E-state index in [4.69, 9.17) is 11.6 Å². The molecule has 1 aliphatic heterocycles. The summed E-state index contributed by atoms with van der Waals surface area (Å²) in [7, 11) is -3.53. The molecule has 1 aromatic carbocycles. The van der Waals surface area contributed by atoms with Gasteiger partial charge < -0.3 is 5.32 Å². The van der Waals surface area contributed by atoms with E-state index >= 15 is 0 Å². The molecule has 1 fully saturated rings. The summed E-state index contributed by atoms with van der Waals surface area (Å²) in [6, 6.07) is 6.82. The molecule has 0 spiro atoms. The Morgan fingerprint density at radius 1 is 1.43 bits per heavy atom. The fraction of sp³-hybridized carbons (Fsp3) is 0.471. The Labute approximate surface area is 177 Å². The fourth-order valence-electron chi connectivity index (χ4n) is 2.99. The zero-order valence-corrected chi connectivity index (χ0v) is 18.5. The van der Waals surface area contributed by atoms with Crippen molar-refractivity contribution in [1.82, 2.24) is 14.5 Å². The van der Waals surface area contributed by atoms with Gasteiger partial charge in [-0.25, -0.2) is 12.7 Å². The number of aromatic nitrogens is 2. The minimum absolute atomic E-state index is 0.129. The number of hydrogen-bond donors (Lipinski definition) is 1. The summed E-state index contributed by atoms with van der Waals surface area (Å²) in [5, 5.41) is 11.7. The van der Waals surface area contributed by atoms with Crippen LogP contribution >= 0.6 is 34.7 Å². The lowest BCUT2D eigenvalue weighted by Gasteiger charge is -2.31. The first-order valence-electron chi connectivity index (χ1n) is 8.87. The van der Waals surface area contributed by atoms with Gasteiger partial charge in [-0.3, -0.25) is 4.79 Å². The Kier molecular flexibility index (Phi) is 7.32. The van der Waals surface area contributed by atoms with Crippen molar-refractivity contribution in [3.8, 4) is 0 Å². The van der Waals surface area contributed by atoms with Gasteiger partial charge in [-0.1, -0.05) is 53.8 Å². The van der Waals surface area contributed by atoms with Crippen molar-refractivity contribution >= 4 is 55.8 Å². The van der Waals surface area contributed by atoms with Crippen LogP contribution in [0.4, 0.5) is 5.13 Å². The van der Waals surface area contributed by atoms with Crippen molar-refractivity contribution in [1.29, 1.82) is 0 Å². The van der Waals surface area contributed by atoms with Crippen LogP contribution in [0.15, 0.2) is 28.6 Å². The Morgan fingerprint density at radius 3 is 3.00 bits per heavy atom. The highest BCUT2D eigenvalue weighted by Crippen LogP contribution is 2.27. The number of thioether (sulfide) groups is 1. The van der Waals surface area contributed by atoms with E-state index in [-0.39, 0.29) is 18.2 Å². The standard InChI is InChI=1S/C17H21ClN4O3S3/c1-2-26-17-21-20-16(27-17)19-15(23)13-6-4-8-22(10-13)28(24,25)11-12-5-3-7-14(18)9-12/h3,5,7,9,13H,2,4,6,8,10-11H2,1H3,(H,19,20,23)/t13-/m1/s1. The molecule has 1 amide bonds. The number of hydrogen-bond acceptors (Lipinski definition) is 7. The molecule has 1 saturated heterocycles. The number of benzene rings is 1. The highest BCUT2D eigenvalue weighted by molar-refractivity contribution is 8.01. The first-order chi connectivity index (χ1) is 13.4. The van der Waals surface area contributed by atoms with Crippen LogP contribution in [0.1, 0.15) is 25.3 Å². The van der Waals surface area contributed by atoms with Crippen molar-refractivity contribution in [2.24, 2.45) is 5.92 Å². The predicted molar refractivity (Wildman–Crippen MR) is 113 cm³/mol. The van der Waals surface area contributed by atoms with Crippen LogP contribution in [-0.2, 0) is 20.6 Å². The highest BCUT2D eigenvalue weighted by atomic mass is 35.5. The zero-order valence-electron chi connectivity index (χ0n) is 15.3. The summed E-state index contributed by atoms with van der Waals surface area (Å²) in [5.74, 6) is 0.126. The minimum atomic E-state index is -3.53. The molecule has 28 heavy (non-hydrogen) atoms. The first-order valence-corrected chi connectivity index (χ1v) is 12.7. The second kappa shape index (κ2) is 9.53. The van der Waals surface area contributed by atoms with Crippen molar-refractivity contribution < 1.29 is 13.2 Å². The lowest BCUT2D eigenvalue weighted by atomic mass is 9.99. The van der Waals surface area contributed by atoms with Crippen molar-refractivity contribution in [2.75, 3.05) is 24.2 Å². The van der Waals surface area contributed by atoms with Crippen LogP contribution in [0, 0.1) is 5.92 Å². The largest absolute Gasteiger partial charge is 0.300 e. The molecule has 0 aliphatic carbocycles. The quantitative estimate of drug-likeness (QED) is 0.502. The number of nitrogens with zero attached hydrogens (tertiary/aromatic N) is 3. The van der Waals surface area contributed by atoms with E-state index in [2.05, 4.69) is 15.5 Å². The number of rotatable bonds is 7. The van der Waals surface area contributed by atoms with Crippen LogP contribution < -0.4 is 5.32 Å². The molecule has 7 nitrogen and oxygen atoms in total. The maximum Gasteiger partial charge on any atom is 0.230 e. The number of nitrogens with one attached hydrogen (secondary N) is 1. The second-order valence-electron chi connectivity index (χ2n) is 6.38. The summed E-state index contributed by atoms with van der Waals surface area (Å²) in [5.41, 5.74) is 0.633. The van der Waals surface area contributed by atoms with Crippen LogP contribution in [0.5, 0.6) is 0 Å². The third-order valence-electron chi connectivity index (χ3n) is 4.29. The number of anilines is 1. The van der Waals surface area contributed by atoms with Crippen LogP contribution in [0.25, 0.3) is 0 Å². The Hall–Kier alpha value is -1.20. The van der Waals surface area contributed by atoms with Gasteiger partial charge >= 0.3 is 0 Å². The van der Waals surface area contributed by atoms with Gasteiger partial charge in [-0.2, -0.15) is 0 Å². The molecule has 1 N–H and O–H groups in total. The van der Waals surface area contributed by atoms with Gasteiger partial charge in [-0.15, -0.1) is 10.2 Å². The zero-order chi connectivity index (χ0) is 20.1. The van der Waals surface area contributed by atoms with Gasteiger partial charge in [0.1, 0.15) is 0 Å². The highest BCUT2D eigenvalue weighted by Gasteiger charge is 2.32. The predicted octanol–water partition coefficient (Wildman–Crippen LogP) is 3.48. The molecular formula is C17H21ClN4O3S3. The summed E-state index contributed by atoms with van der Waals surface area (Å²) >= 11 is 8.83. The summed E-state index contributed by atoms with van der Waals surface area (Å²) in [6.45, 7) is 2.61. The smallest absolute Gasteiger partial charge is 0.230 e. The summed E-state index contributed by atoms with van der Waals surface area (Å²) in [4.78, 5) is 12.6. The molecule has 0 radical (unpaired) electrons. The van der Waals surface area contributed by atoms with Gasteiger partial charge in [0.25, 0.3) is 0 Å². The fourth-order valence-corrected chi connectivity index (χ4v) is 6.45. The van der Waals surface area contributed by atoms with E-state index in [0.717, 1.165) is 10.1 Å². The molecule has 0 saturated carbocycles. The molecule has 1 aromatic heterocycles. The Balaban J connectivity index is 1.62. The average Bonchev–Trinajstić information content (AvgIpc) is 3.09. The van der Waals surface area contributed by atoms with E-state index in [1.54, 1.807) is 36.0 Å². The molecule has 1 aliphatic rings. The summed E-state index contributed by atoms with van der Waals surface area (Å²) < 4.78 is 27.8. The summed E-state index contributed by atoms with van der Waals surface area (Å²) in [6.07, 6.45) is 1.28. The normalized spacial score (nSPS) is 18.1. The molecule has 3 rings (SSSR count). The third-order valence-corrected chi connectivity index (χ3v) is 8.20. The van der Waals surface area contributed by atoms with E-state index in [9.17, 15) is 13.2 Å². The molecule has 11 heteroatoms. The monoisotopic (exact) mass is 460 g/mol. The number of halogens is 1. The average molecular weight is 461 g/mol. The van der Waals surface area contributed by atoms with Gasteiger partial charge in [-0.05, 0) is 36.3 Å². The van der Waals surface area contributed by atoms with Gasteiger partial charge in [0.15, 0.2) is 4.34 Å². The molecule has 2 heterocycles. The molecular weight excluding hydrogens is 440 g/mol. The van der Waals surface area contributed by atoms with E-state index in [1.165, 1.54) is 15.6 Å². The lowest BCUT2D eigenvalue weighted by Crippen LogP contribution is -2.44. The van der Waals surface area contributed by atoms with Crippen molar-refractivity contribution in [3.63, 3.8) is 0 Å². The van der Waals surface area contributed by atoms with Crippen molar-refractivity contribution in [3.05, 3.63) is 34.9 Å². The number of sulfonamides is 1. The van der Waals surface area contributed by atoms with Crippen molar-refractivity contribution in [2.45, 2.75) is 29.9 Å². The van der Waals surface area contributed by atoms with Gasteiger partial charge in [0.2, 0.25) is 21.1 Å².